The van der Waals surface area contributed by atoms with Gasteiger partial charge in [0.2, 0.25) is 0 Å². The van der Waals surface area contributed by atoms with E-state index in [9.17, 15) is 0 Å². The highest BCUT2D eigenvalue weighted by atomic mass is 16.5. The number of rotatable bonds is 4. The zero-order chi connectivity index (χ0) is 12.3. The average molecular weight is 229 g/mol. The van der Waals surface area contributed by atoms with E-state index in [4.69, 9.17) is 4.74 Å². The van der Waals surface area contributed by atoms with Crippen LogP contribution in [0.25, 0.3) is 10.8 Å². The van der Waals surface area contributed by atoms with Gasteiger partial charge in [-0.2, -0.15) is 0 Å². The van der Waals surface area contributed by atoms with Gasteiger partial charge in [-0.1, -0.05) is 13.3 Å². The summed E-state index contributed by atoms with van der Waals surface area (Å²) in [6.07, 6.45) is 5.43. The Kier molecular flexibility index (Phi) is 3.62. The third kappa shape index (κ3) is 2.41. The summed E-state index contributed by atoms with van der Waals surface area (Å²) in [4.78, 5) is 4.56. The maximum Gasteiger partial charge on any atom is 0.119 e. The van der Waals surface area contributed by atoms with Crippen LogP contribution in [0.5, 0.6) is 5.75 Å². The third-order valence-corrected chi connectivity index (χ3v) is 3.22. The number of fused-ring (bicyclic) bond motifs is 1. The summed E-state index contributed by atoms with van der Waals surface area (Å²) in [5.74, 6) is 0.910. The molecule has 2 aromatic rings. The molecule has 0 saturated heterocycles. The van der Waals surface area contributed by atoms with Crippen LogP contribution in [-0.2, 0) is 6.42 Å². The first-order valence-electron chi connectivity index (χ1n) is 6.18. The quantitative estimate of drug-likeness (QED) is 0.793. The van der Waals surface area contributed by atoms with Crippen molar-refractivity contribution in [3.8, 4) is 5.75 Å². The second kappa shape index (κ2) is 5.17. The van der Waals surface area contributed by atoms with E-state index in [-0.39, 0.29) is 0 Å². The maximum absolute atomic E-state index is 5.28. The lowest BCUT2D eigenvalue weighted by molar-refractivity contribution is 0.415. The summed E-state index contributed by atoms with van der Waals surface area (Å²) < 4.78 is 5.28. The lowest BCUT2D eigenvalue weighted by Gasteiger charge is -2.09. The van der Waals surface area contributed by atoms with Crippen LogP contribution in [0.2, 0.25) is 0 Å². The molecule has 0 radical (unpaired) electrons. The standard InChI is InChI=1S/C15H19NO/c1-4-5-6-15-11(2)14-9-13(17-3)8-7-12(14)10-16-15/h7-10H,4-6H2,1-3H3. The topological polar surface area (TPSA) is 22.1 Å². The summed E-state index contributed by atoms with van der Waals surface area (Å²) in [5, 5.41) is 2.44. The Labute approximate surface area is 103 Å². The molecule has 2 nitrogen and oxygen atoms in total. The van der Waals surface area contributed by atoms with Gasteiger partial charge in [-0.25, -0.2) is 0 Å². The van der Waals surface area contributed by atoms with E-state index < -0.39 is 0 Å². The van der Waals surface area contributed by atoms with Crippen molar-refractivity contribution in [3.05, 3.63) is 35.7 Å². The zero-order valence-corrected chi connectivity index (χ0v) is 10.8. The molecule has 0 aliphatic rings. The smallest absolute Gasteiger partial charge is 0.119 e. The molecule has 2 rings (SSSR count). The molecule has 0 saturated carbocycles. The van der Waals surface area contributed by atoms with Gasteiger partial charge in [-0.15, -0.1) is 0 Å². The Morgan fingerprint density at radius 2 is 2.12 bits per heavy atom. The molecule has 0 N–H and O–H groups in total. The lowest BCUT2D eigenvalue weighted by atomic mass is 10.0. The van der Waals surface area contributed by atoms with E-state index in [0.717, 1.165) is 12.2 Å². The van der Waals surface area contributed by atoms with Crippen molar-refractivity contribution in [3.63, 3.8) is 0 Å². The van der Waals surface area contributed by atoms with Gasteiger partial charge >= 0.3 is 0 Å². The summed E-state index contributed by atoms with van der Waals surface area (Å²) in [6, 6.07) is 6.15. The fourth-order valence-corrected chi connectivity index (χ4v) is 2.10. The van der Waals surface area contributed by atoms with Crippen molar-refractivity contribution in [1.82, 2.24) is 4.98 Å². The van der Waals surface area contributed by atoms with Crippen LogP contribution in [0.4, 0.5) is 0 Å². The number of nitrogens with zero attached hydrogens (tertiary/aromatic N) is 1. The van der Waals surface area contributed by atoms with Crippen molar-refractivity contribution in [2.24, 2.45) is 0 Å². The van der Waals surface area contributed by atoms with Crippen LogP contribution in [-0.4, -0.2) is 12.1 Å². The van der Waals surface area contributed by atoms with Crippen LogP contribution in [0.1, 0.15) is 31.0 Å². The van der Waals surface area contributed by atoms with E-state index in [1.807, 2.05) is 12.3 Å². The van der Waals surface area contributed by atoms with E-state index >= 15 is 0 Å². The lowest BCUT2D eigenvalue weighted by Crippen LogP contribution is -1.95. The van der Waals surface area contributed by atoms with E-state index in [0.29, 0.717) is 0 Å². The second-order valence-corrected chi connectivity index (χ2v) is 4.39. The van der Waals surface area contributed by atoms with Crippen LogP contribution < -0.4 is 4.74 Å². The predicted molar refractivity (Wildman–Crippen MR) is 71.6 cm³/mol. The summed E-state index contributed by atoms with van der Waals surface area (Å²) in [7, 11) is 1.70. The first-order valence-corrected chi connectivity index (χ1v) is 6.18. The molecule has 0 fully saturated rings. The molecule has 0 amide bonds. The van der Waals surface area contributed by atoms with Gasteiger partial charge in [0.25, 0.3) is 0 Å². The van der Waals surface area contributed by atoms with Crippen LogP contribution in [0, 0.1) is 6.92 Å². The molecule has 0 aliphatic heterocycles. The first kappa shape index (κ1) is 11.9. The summed E-state index contributed by atoms with van der Waals surface area (Å²) in [6.45, 7) is 4.36. The number of hydrogen-bond donors (Lipinski definition) is 0. The van der Waals surface area contributed by atoms with Gasteiger partial charge in [0.1, 0.15) is 5.75 Å². The van der Waals surface area contributed by atoms with Crippen LogP contribution in [0.15, 0.2) is 24.4 Å². The predicted octanol–water partition coefficient (Wildman–Crippen LogP) is 3.89. The Hall–Kier alpha value is -1.57. The summed E-state index contributed by atoms with van der Waals surface area (Å²) in [5.41, 5.74) is 2.50. The highest BCUT2D eigenvalue weighted by Crippen LogP contribution is 2.25. The number of pyridine rings is 1. The highest BCUT2D eigenvalue weighted by Gasteiger charge is 2.05. The number of benzene rings is 1. The summed E-state index contributed by atoms with van der Waals surface area (Å²) >= 11 is 0. The third-order valence-electron chi connectivity index (χ3n) is 3.22. The zero-order valence-electron chi connectivity index (χ0n) is 10.8. The number of aromatic nitrogens is 1. The van der Waals surface area contributed by atoms with Gasteiger partial charge in [0, 0.05) is 17.3 Å². The fourth-order valence-electron chi connectivity index (χ4n) is 2.10. The van der Waals surface area contributed by atoms with E-state index in [1.165, 1.54) is 34.9 Å². The minimum atomic E-state index is 0.910. The number of aryl methyl sites for hydroxylation is 2. The van der Waals surface area contributed by atoms with Crippen LogP contribution >= 0.6 is 0 Å². The Balaban J connectivity index is 2.48. The molecule has 0 unspecified atom stereocenters. The largest absolute Gasteiger partial charge is 0.497 e. The van der Waals surface area contributed by atoms with Gasteiger partial charge < -0.3 is 4.74 Å². The molecule has 2 heteroatoms. The van der Waals surface area contributed by atoms with E-state index in [1.54, 1.807) is 7.11 Å². The van der Waals surface area contributed by atoms with Gasteiger partial charge in [-0.05, 0) is 48.9 Å². The van der Waals surface area contributed by atoms with Gasteiger partial charge in [0.05, 0.1) is 7.11 Å². The Morgan fingerprint density at radius 1 is 1.29 bits per heavy atom. The minimum Gasteiger partial charge on any atom is -0.497 e. The molecule has 0 atom stereocenters. The molecule has 1 aromatic carbocycles. The molecule has 90 valence electrons. The van der Waals surface area contributed by atoms with Crippen molar-refractivity contribution in [2.75, 3.05) is 7.11 Å². The molecule has 0 aliphatic carbocycles. The highest BCUT2D eigenvalue weighted by molar-refractivity contribution is 5.86. The molecule has 1 heterocycles. The van der Waals surface area contributed by atoms with Gasteiger partial charge in [0.15, 0.2) is 0 Å². The van der Waals surface area contributed by atoms with Gasteiger partial charge in [-0.3, -0.25) is 4.98 Å². The monoisotopic (exact) mass is 229 g/mol. The second-order valence-electron chi connectivity index (χ2n) is 4.39. The van der Waals surface area contributed by atoms with Crippen molar-refractivity contribution in [1.29, 1.82) is 0 Å². The SMILES string of the molecule is CCCCc1ncc2ccc(OC)cc2c1C. The van der Waals surface area contributed by atoms with Crippen LogP contribution in [0.3, 0.4) is 0 Å². The van der Waals surface area contributed by atoms with Crippen molar-refractivity contribution >= 4 is 10.8 Å². The number of ether oxygens (including phenoxy) is 1. The molecular weight excluding hydrogens is 210 g/mol. The average Bonchev–Trinajstić information content (AvgIpc) is 2.38. The first-order chi connectivity index (χ1) is 8.26. The number of hydrogen-bond acceptors (Lipinski definition) is 2. The maximum atomic E-state index is 5.28. The molecule has 1 aromatic heterocycles. The fraction of sp³-hybridized carbons (Fsp3) is 0.400. The molecule has 0 spiro atoms. The normalized spacial score (nSPS) is 10.8. The molecule has 17 heavy (non-hydrogen) atoms. The number of unbranched alkanes of at least 4 members (excludes halogenated alkanes) is 1. The molecular formula is C15H19NO. The Bertz CT molecular complexity index is 520. The van der Waals surface area contributed by atoms with Crippen molar-refractivity contribution in [2.45, 2.75) is 33.1 Å². The number of methoxy groups -OCH3 is 1. The van der Waals surface area contributed by atoms with E-state index in [2.05, 4.69) is 31.0 Å². The Morgan fingerprint density at radius 3 is 2.82 bits per heavy atom. The van der Waals surface area contributed by atoms with Crippen molar-refractivity contribution < 1.29 is 4.74 Å². The minimum absolute atomic E-state index is 0.910. The molecule has 0 bridgehead atoms.